The van der Waals surface area contributed by atoms with E-state index in [0.717, 1.165) is 19.4 Å². The molecule has 0 aliphatic carbocycles. The minimum absolute atomic E-state index is 0.146. The summed E-state index contributed by atoms with van der Waals surface area (Å²) in [7, 11) is 1.69. The molecule has 0 fully saturated rings. The SMILES string of the molecule is COCCC/C=C/CO. The van der Waals surface area contributed by atoms with Crippen LogP contribution in [0.5, 0.6) is 0 Å². The molecule has 0 unspecified atom stereocenters. The number of allylic oxidation sites excluding steroid dienone is 1. The van der Waals surface area contributed by atoms with Crippen molar-refractivity contribution in [3.63, 3.8) is 0 Å². The molecule has 0 spiro atoms. The van der Waals surface area contributed by atoms with E-state index in [1.54, 1.807) is 13.2 Å². The predicted molar refractivity (Wildman–Crippen MR) is 37.3 cm³/mol. The molecule has 9 heavy (non-hydrogen) atoms. The molecule has 0 aromatic carbocycles. The van der Waals surface area contributed by atoms with Crippen molar-refractivity contribution in [2.45, 2.75) is 12.8 Å². The maximum absolute atomic E-state index is 8.30. The first-order valence-corrected chi connectivity index (χ1v) is 3.16. The Hall–Kier alpha value is -0.340. The number of methoxy groups -OCH3 is 1. The maximum atomic E-state index is 8.30. The molecule has 0 aliphatic rings. The van der Waals surface area contributed by atoms with Crippen molar-refractivity contribution in [3.05, 3.63) is 12.2 Å². The van der Waals surface area contributed by atoms with Gasteiger partial charge in [0.15, 0.2) is 0 Å². The average Bonchev–Trinajstić information content (AvgIpc) is 1.89. The summed E-state index contributed by atoms with van der Waals surface area (Å²) in [6, 6.07) is 0. The van der Waals surface area contributed by atoms with Crippen LogP contribution < -0.4 is 0 Å². The number of aliphatic hydroxyl groups excluding tert-OH is 1. The third kappa shape index (κ3) is 7.66. The van der Waals surface area contributed by atoms with E-state index >= 15 is 0 Å². The highest BCUT2D eigenvalue weighted by Gasteiger charge is 1.79. The standard InChI is InChI=1S/C7H14O2/c1-9-7-5-3-2-4-6-8/h2,4,8H,3,5-7H2,1H3/b4-2+. The lowest BCUT2D eigenvalue weighted by Gasteiger charge is -1.91. The van der Waals surface area contributed by atoms with Gasteiger partial charge in [0.25, 0.3) is 0 Å². The van der Waals surface area contributed by atoms with Crippen LogP contribution in [0.25, 0.3) is 0 Å². The van der Waals surface area contributed by atoms with E-state index in [9.17, 15) is 0 Å². The summed E-state index contributed by atoms with van der Waals surface area (Å²) in [6.07, 6.45) is 5.73. The molecule has 0 radical (unpaired) electrons. The summed E-state index contributed by atoms with van der Waals surface area (Å²) >= 11 is 0. The Morgan fingerprint density at radius 3 is 2.78 bits per heavy atom. The molecule has 0 heterocycles. The molecule has 0 aromatic heterocycles. The summed E-state index contributed by atoms with van der Waals surface area (Å²) in [5.74, 6) is 0. The lowest BCUT2D eigenvalue weighted by Crippen LogP contribution is -1.85. The second kappa shape index (κ2) is 7.66. The van der Waals surface area contributed by atoms with Crippen LogP contribution >= 0.6 is 0 Å². The Bertz CT molecular complexity index is 69.3. The van der Waals surface area contributed by atoms with Gasteiger partial charge in [0.2, 0.25) is 0 Å². The van der Waals surface area contributed by atoms with E-state index in [-0.39, 0.29) is 6.61 Å². The number of aliphatic hydroxyl groups is 1. The molecule has 0 aromatic rings. The summed E-state index contributed by atoms with van der Waals surface area (Å²) in [4.78, 5) is 0. The Kier molecular flexibility index (Phi) is 7.37. The van der Waals surface area contributed by atoms with Gasteiger partial charge in [-0.05, 0) is 12.8 Å². The van der Waals surface area contributed by atoms with Crippen LogP contribution in [0.4, 0.5) is 0 Å². The van der Waals surface area contributed by atoms with Crippen LogP contribution in [0.3, 0.4) is 0 Å². The van der Waals surface area contributed by atoms with Gasteiger partial charge in [0, 0.05) is 13.7 Å². The number of rotatable bonds is 5. The third-order valence-corrected chi connectivity index (χ3v) is 0.991. The second-order valence-corrected chi connectivity index (χ2v) is 1.79. The fourth-order valence-electron chi connectivity index (χ4n) is 0.538. The van der Waals surface area contributed by atoms with Crippen molar-refractivity contribution in [2.24, 2.45) is 0 Å². The van der Waals surface area contributed by atoms with Crippen molar-refractivity contribution in [1.82, 2.24) is 0 Å². The Morgan fingerprint density at radius 1 is 1.44 bits per heavy atom. The molecule has 0 rings (SSSR count). The van der Waals surface area contributed by atoms with Crippen LogP contribution in [0.1, 0.15) is 12.8 Å². The number of hydrogen-bond donors (Lipinski definition) is 1. The van der Waals surface area contributed by atoms with E-state index in [0.29, 0.717) is 0 Å². The molecule has 0 atom stereocenters. The predicted octanol–water partition coefficient (Wildman–Crippen LogP) is 0.962. The van der Waals surface area contributed by atoms with Crippen molar-refractivity contribution in [3.8, 4) is 0 Å². The molecule has 0 saturated carbocycles. The lowest BCUT2D eigenvalue weighted by molar-refractivity contribution is 0.195. The van der Waals surface area contributed by atoms with Crippen LogP contribution in [0.2, 0.25) is 0 Å². The lowest BCUT2D eigenvalue weighted by atomic mass is 10.3. The Labute approximate surface area is 56.1 Å². The van der Waals surface area contributed by atoms with Crippen molar-refractivity contribution in [2.75, 3.05) is 20.3 Å². The zero-order valence-electron chi connectivity index (χ0n) is 5.84. The first-order chi connectivity index (χ1) is 4.41. The van der Waals surface area contributed by atoms with E-state index in [1.807, 2.05) is 6.08 Å². The zero-order valence-corrected chi connectivity index (χ0v) is 5.84. The topological polar surface area (TPSA) is 29.5 Å². The highest BCUT2D eigenvalue weighted by atomic mass is 16.5. The Balaban J connectivity index is 2.82. The molecular weight excluding hydrogens is 116 g/mol. The van der Waals surface area contributed by atoms with Crippen molar-refractivity contribution in [1.29, 1.82) is 0 Å². The van der Waals surface area contributed by atoms with Crippen LogP contribution in [0.15, 0.2) is 12.2 Å². The maximum Gasteiger partial charge on any atom is 0.0612 e. The van der Waals surface area contributed by atoms with Gasteiger partial charge in [-0.3, -0.25) is 0 Å². The quantitative estimate of drug-likeness (QED) is 0.443. The Morgan fingerprint density at radius 2 is 2.22 bits per heavy atom. The summed E-state index contributed by atoms with van der Waals surface area (Å²) in [5.41, 5.74) is 0. The molecule has 0 saturated heterocycles. The minimum Gasteiger partial charge on any atom is -0.392 e. The van der Waals surface area contributed by atoms with E-state index < -0.39 is 0 Å². The van der Waals surface area contributed by atoms with Gasteiger partial charge in [0.05, 0.1) is 6.61 Å². The largest absolute Gasteiger partial charge is 0.392 e. The van der Waals surface area contributed by atoms with Gasteiger partial charge >= 0.3 is 0 Å². The average molecular weight is 130 g/mol. The minimum atomic E-state index is 0.146. The monoisotopic (exact) mass is 130 g/mol. The number of unbranched alkanes of at least 4 members (excludes halogenated alkanes) is 1. The first-order valence-electron chi connectivity index (χ1n) is 3.16. The smallest absolute Gasteiger partial charge is 0.0612 e. The normalized spacial score (nSPS) is 10.9. The summed E-state index contributed by atoms with van der Waals surface area (Å²) in [6.45, 7) is 0.947. The summed E-state index contributed by atoms with van der Waals surface area (Å²) < 4.78 is 4.83. The fourth-order valence-corrected chi connectivity index (χ4v) is 0.538. The third-order valence-electron chi connectivity index (χ3n) is 0.991. The molecule has 54 valence electrons. The van der Waals surface area contributed by atoms with Crippen LogP contribution in [0, 0.1) is 0 Å². The number of ether oxygens (including phenoxy) is 1. The summed E-state index contributed by atoms with van der Waals surface area (Å²) in [5, 5.41) is 8.30. The molecule has 2 heteroatoms. The fraction of sp³-hybridized carbons (Fsp3) is 0.714. The van der Waals surface area contributed by atoms with Gasteiger partial charge < -0.3 is 9.84 Å². The highest BCUT2D eigenvalue weighted by Crippen LogP contribution is 1.89. The molecule has 0 amide bonds. The molecular formula is C7H14O2. The van der Waals surface area contributed by atoms with Crippen LogP contribution in [-0.4, -0.2) is 25.4 Å². The second-order valence-electron chi connectivity index (χ2n) is 1.79. The van der Waals surface area contributed by atoms with Gasteiger partial charge in [-0.25, -0.2) is 0 Å². The van der Waals surface area contributed by atoms with Crippen molar-refractivity contribution >= 4 is 0 Å². The van der Waals surface area contributed by atoms with Gasteiger partial charge in [-0.2, -0.15) is 0 Å². The molecule has 0 aliphatic heterocycles. The molecule has 0 bridgehead atoms. The van der Waals surface area contributed by atoms with Crippen molar-refractivity contribution < 1.29 is 9.84 Å². The van der Waals surface area contributed by atoms with E-state index in [1.165, 1.54) is 0 Å². The highest BCUT2D eigenvalue weighted by molar-refractivity contribution is 4.80. The zero-order chi connectivity index (χ0) is 6.95. The van der Waals surface area contributed by atoms with Gasteiger partial charge in [0.1, 0.15) is 0 Å². The van der Waals surface area contributed by atoms with Crippen LogP contribution in [-0.2, 0) is 4.74 Å². The molecule has 2 nitrogen and oxygen atoms in total. The van der Waals surface area contributed by atoms with Gasteiger partial charge in [-0.15, -0.1) is 0 Å². The number of hydrogen-bond acceptors (Lipinski definition) is 2. The van der Waals surface area contributed by atoms with E-state index in [4.69, 9.17) is 9.84 Å². The first kappa shape index (κ1) is 8.66. The van der Waals surface area contributed by atoms with Gasteiger partial charge in [-0.1, -0.05) is 12.2 Å². The van der Waals surface area contributed by atoms with E-state index in [2.05, 4.69) is 0 Å². The molecule has 1 N–H and O–H groups in total.